The number of nitrogens with zero attached hydrogens (tertiary/aromatic N) is 1. The fourth-order valence-electron chi connectivity index (χ4n) is 3.15. The van der Waals surface area contributed by atoms with Crippen molar-refractivity contribution in [3.63, 3.8) is 0 Å². The molecule has 0 aliphatic carbocycles. The van der Waals surface area contributed by atoms with Gasteiger partial charge in [0.2, 0.25) is 0 Å². The summed E-state index contributed by atoms with van der Waals surface area (Å²) in [6.45, 7) is 10.4. The molecule has 0 amide bonds. The summed E-state index contributed by atoms with van der Waals surface area (Å²) in [5.41, 5.74) is 0. The van der Waals surface area contributed by atoms with Crippen LogP contribution >= 0.6 is 0 Å². The van der Waals surface area contributed by atoms with Crippen LogP contribution in [-0.4, -0.2) is 57.1 Å². The van der Waals surface area contributed by atoms with Crippen LogP contribution < -0.4 is 5.32 Å². The van der Waals surface area contributed by atoms with Crippen LogP contribution in [0, 0.1) is 5.92 Å². The van der Waals surface area contributed by atoms with Crippen LogP contribution in [0.5, 0.6) is 0 Å². The summed E-state index contributed by atoms with van der Waals surface area (Å²) in [6.07, 6.45) is 3.73. The molecule has 1 aliphatic heterocycles. The van der Waals surface area contributed by atoms with E-state index in [-0.39, 0.29) is 12.3 Å². The summed E-state index contributed by atoms with van der Waals surface area (Å²) in [4.78, 5) is 2.60. The molecular formula is C15H32N2O2. The molecule has 0 aromatic heterocycles. The Hall–Kier alpha value is -0.160. The topological polar surface area (TPSA) is 33.7 Å². The molecule has 3 atom stereocenters. The van der Waals surface area contributed by atoms with E-state index in [4.69, 9.17) is 9.47 Å². The Morgan fingerprint density at radius 1 is 1.26 bits per heavy atom. The average Bonchev–Trinajstić information content (AvgIpc) is 2.40. The van der Waals surface area contributed by atoms with E-state index in [0.29, 0.717) is 6.04 Å². The lowest BCUT2D eigenvalue weighted by atomic mass is 9.91. The molecule has 0 bridgehead atoms. The molecule has 0 aromatic rings. The number of piperidine rings is 1. The predicted molar refractivity (Wildman–Crippen MR) is 79.3 cm³/mol. The standard InChI is InChI=1S/C15H32N2O2/c1-6-9-17-10-7-8-14(11-17)12(2)16-13(3)15(18-4)19-5/h12-16H,6-11H2,1-5H3. The normalized spacial score (nSPS) is 24.6. The summed E-state index contributed by atoms with van der Waals surface area (Å²) in [5.74, 6) is 0.733. The van der Waals surface area contributed by atoms with Crippen molar-refractivity contribution in [3.8, 4) is 0 Å². The van der Waals surface area contributed by atoms with Gasteiger partial charge in [0.25, 0.3) is 0 Å². The summed E-state index contributed by atoms with van der Waals surface area (Å²) in [6, 6.07) is 0.717. The Labute approximate surface area is 118 Å². The van der Waals surface area contributed by atoms with Gasteiger partial charge in [-0.1, -0.05) is 6.92 Å². The van der Waals surface area contributed by atoms with Gasteiger partial charge in [0.15, 0.2) is 6.29 Å². The summed E-state index contributed by atoms with van der Waals surface area (Å²) in [5, 5.41) is 3.64. The third kappa shape index (κ3) is 5.38. The number of rotatable bonds is 8. The second kappa shape index (κ2) is 8.90. The fraction of sp³-hybridized carbons (Fsp3) is 1.00. The highest BCUT2D eigenvalue weighted by Crippen LogP contribution is 2.20. The Morgan fingerprint density at radius 3 is 2.53 bits per heavy atom. The number of hydrogen-bond acceptors (Lipinski definition) is 4. The van der Waals surface area contributed by atoms with Crippen molar-refractivity contribution in [3.05, 3.63) is 0 Å². The minimum Gasteiger partial charge on any atom is -0.354 e. The van der Waals surface area contributed by atoms with Crippen LogP contribution in [0.3, 0.4) is 0 Å². The van der Waals surface area contributed by atoms with Gasteiger partial charge in [0, 0.05) is 26.8 Å². The number of likely N-dealkylation sites (tertiary alicyclic amines) is 1. The van der Waals surface area contributed by atoms with Gasteiger partial charge < -0.3 is 19.7 Å². The minimum absolute atomic E-state index is 0.169. The first kappa shape index (κ1) is 16.9. The second-order valence-electron chi connectivity index (χ2n) is 5.79. The number of methoxy groups -OCH3 is 2. The molecule has 1 heterocycles. The predicted octanol–water partition coefficient (Wildman–Crippen LogP) is 2.09. The molecule has 4 heteroatoms. The first-order valence-electron chi connectivity index (χ1n) is 7.66. The monoisotopic (exact) mass is 272 g/mol. The minimum atomic E-state index is -0.169. The van der Waals surface area contributed by atoms with Crippen molar-refractivity contribution in [2.45, 2.75) is 58.4 Å². The summed E-state index contributed by atoms with van der Waals surface area (Å²) in [7, 11) is 3.39. The van der Waals surface area contributed by atoms with Gasteiger partial charge in [-0.05, 0) is 52.1 Å². The van der Waals surface area contributed by atoms with Crippen LogP contribution in [0.15, 0.2) is 0 Å². The van der Waals surface area contributed by atoms with E-state index in [9.17, 15) is 0 Å². The quantitative estimate of drug-likeness (QED) is 0.686. The van der Waals surface area contributed by atoms with Crippen LogP contribution in [0.25, 0.3) is 0 Å². The molecule has 1 fully saturated rings. The molecule has 0 saturated carbocycles. The molecule has 19 heavy (non-hydrogen) atoms. The molecule has 1 N–H and O–H groups in total. The van der Waals surface area contributed by atoms with E-state index >= 15 is 0 Å². The van der Waals surface area contributed by atoms with E-state index in [1.807, 2.05) is 0 Å². The fourth-order valence-corrected chi connectivity index (χ4v) is 3.15. The number of ether oxygens (including phenoxy) is 2. The van der Waals surface area contributed by atoms with E-state index in [1.165, 1.54) is 38.9 Å². The van der Waals surface area contributed by atoms with Crippen molar-refractivity contribution in [2.75, 3.05) is 33.9 Å². The Kier molecular flexibility index (Phi) is 7.91. The van der Waals surface area contributed by atoms with Crippen LogP contribution in [0.4, 0.5) is 0 Å². The lowest BCUT2D eigenvalue weighted by Crippen LogP contribution is -2.50. The van der Waals surface area contributed by atoms with Crippen molar-refractivity contribution in [1.82, 2.24) is 10.2 Å². The molecule has 0 aromatic carbocycles. The van der Waals surface area contributed by atoms with Crippen LogP contribution in [0.1, 0.15) is 40.0 Å². The molecule has 0 radical (unpaired) electrons. The van der Waals surface area contributed by atoms with E-state index in [0.717, 1.165) is 5.92 Å². The van der Waals surface area contributed by atoms with Gasteiger partial charge in [0.05, 0.1) is 6.04 Å². The lowest BCUT2D eigenvalue weighted by molar-refractivity contribution is -0.121. The molecule has 1 aliphatic rings. The third-order valence-electron chi connectivity index (χ3n) is 4.19. The summed E-state index contributed by atoms with van der Waals surface area (Å²) >= 11 is 0. The third-order valence-corrected chi connectivity index (χ3v) is 4.19. The Morgan fingerprint density at radius 2 is 1.95 bits per heavy atom. The van der Waals surface area contributed by atoms with Gasteiger partial charge in [-0.3, -0.25) is 0 Å². The Bertz CT molecular complexity index is 232. The van der Waals surface area contributed by atoms with Crippen molar-refractivity contribution in [1.29, 1.82) is 0 Å². The molecule has 114 valence electrons. The van der Waals surface area contributed by atoms with Crippen LogP contribution in [-0.2, 0) is 9.47 Å². The summed E-state index contributed by atoms with van der Waals surface area (Å²) < 4.78 is 10.6. The van der Waals surface area contributed by atoms with E-state index < -0.39 is 0 Å². The highest BCUT2D eigenvalue weighted by molar-refractivity contribution is 4.82. The van der Waals surface area contributed by atoms with Gasteiger partial charge in [-0.25, -0.2) is 0 Å². The maximum absolute atomic E-state index is 5.31. The average molecular weight is 272 g/mol. The molecule has 0 spiro atoms. The highest BCUT2D eigenvalue weighted by atomic mass is 16.7. The molecule has 4 nitrogen and oxygen atoms in total. The highest BCUT2D eigenvalue weighted by Gasteiger charge is 2.26. The van der Waals surface area contributed by atoms with Gasteiger partial charge in [0.1, 0.15) is 0 Å². The van der Waals surface area contributed by atoms with Crippen molar-refractivity contribution < 1.29 is 9.47 Å². The zero-order chi connectivity index (χ0) is 14.3. The van der Waals surface area contributed by atoms with Gasteiger partial charge >= 0.3 is 0 Å². The smallest absolute Gasteiger partial charge is 0.171 e. The first-order valence-corrected chi connectivity index (χ1v) is 7.66. The number of hydrogen-bond donors (Lipinski definition) is 1. The number of nitrogens with one attached hydrogen (secondary N) is 1. The largest absolute Gasteiger partial charge is 0.354 e. The zero-order valence-electron chi connectivity index (χ0n) is 13.3. The molecule has 1 rings (SSSR count). The maximum atomic E-state index is 5.31. The molecular weight excluding hydrogens is 240 g/mol. The molecule has 1 saturated heterocycles. The Balaban J connectivity index is 2.41. The van der Waals surface area contributed by atoms with Crippen molar-refractivity contribution in [2.24, 2.45) is 5.92 Å². The van der Waals surface area contributed by atoms with Gasteiger partial charge in [-0.2, -0.15) is 0 Å². The zero-order valence-corrected chi connectivity index (χ0v) is 13.3. The van der Waals surface area contributed by atoms with E-state index in [1.54, 1.807) is 14.2 Å². The molecule has 3 unspecified atom stereocenters. The van der Waals surface area contributed by atoms with Gasteiger partial charge in [-0.15, -0.1) is 0 Å². The van der Waals surface area contributed by atoms with Crippen molar-refractivity contribution >= 4 is 0 Å². The first-order chi connectivity index (χ1) is 9.12. The lowest BCUT2D eigenvalue weighted by Gasteiger charge is -2.37. The van der Waals surface area contributed by atoms with Crippen LogP contribution in [0.2, 0.25) is 0 Å². The second-order valence-corrected chi connectivity index (χ2v) is 5.79. The SMILES string of the molecule is CCCN1CCCC(C(C)NC(C)C(OC)OC)C1. The van der Waals surface area contributed by atoms with E-state index in [2.05, 4.69) is 31.0 Å². The maximum Gasteiger partial charge on any atom is 0.171 e.